The predicted octanol–water partition coefficient (Wildman–Crippen LogP) is 1.68. The predicted molar refractivity (Wildman–Crippen MR) is 76.4 cm³/mol. The van der Waals surface area contributed by atoms with Gasteiger partial charge in [0.05, 0.1) is 6.54 Å². The highest BCUT2D eigenvalue weighted by Crippen LogP contribution is 2.00. The zero-order valence-corrected chi connectivity index (χ0v) is 11.4. The van der Waals surface area contributed by atoms with Gasteiger partial charge in [-0.1, -0.05) is 30.3 Å². The minimum atomic E-state index is -0.260. The van der Waals surface area contributed by atoms with Gasteiger partial charge in [0, 0.05) is 19.2 Å². The molecule has 0 bridgehead atoms. The molecule has 1 aromatic carbocycles. The van der Waals surface area contributed by atoms with E-state index in [4.69, 9.17) is 0 Å². The second-order valence-electron chi connectivity index (χ2n) is 4.03. The number of amides is 2. The molecule has 0 radical (unpaired) electrons. The van der Waals surface area contributed by atoms with Crippen molar-refractivity contribution in [1.29, 1.82) is 0 Å². The third-order valence-corrected chi connectivity index (χ3v) is 2.76. The van der Waals surface area contributed by atoms with Crippen LogP contribution in [0.25, 0.3) is 6.08 Å². The van der Waals surface area contributed by atoms with Crippen molar-refractivity contribution in [3.63, 3.8) is 0 Å². The number of nitrogens with zero attached hydrogens (tertiary/aromatic N) is 1. The Morgan fingerprint density at radius 3 is 2.37 bits per heavy atom. The number of rotatable bonds is 6. The molecule has 0 unspecified atom stereocenters. The second kappa shape index (κ2) is 8.08. The summed E-state index contributed by atoms with van der Waals surface area (Å²) < 4.78 is 0. The zero-order chi connectivity index (χ0) is 14.1. The first-order valence-electron chi connectivity index (χ1n) is 6.46. The fourth-order valence-electron chi connectivity index (χ4n) is 1.65. The van der Waals surface area contributed by atoms with Gasteiger partial charge in [-0.25, -0.2) is 0 Å². The van der Waals surface area contributed by atoms with E-state index in [-0.39, 0.29) is 18.4 Å². The highest BCUT2D eigenvalue weighted by Gasteiger charge is 2.09. The summed E-state index contributed by atoms with van der Waals surface area (Å²) in [4.78, 5) is 24.9. The Hall–Kier alpha value is -2.10. The van der Waals surface area contributed by atoms with Crippen molar-refractivity contribution in [2.45, 2.75) is 13.8 Å². The Morgan fingerprint density at radius 1 is 1.16 bits per heavy atom. The Labute approximate surface area is 114 Å². The van der Waals surface area contributed by atoms with Gasteiger partial charge in [-0.2, -0.15) is 0 Å². The van der Waals surface area contributed by atoms with Crippen molar-refractivity contribution in [2.75, 3.05) is 19.6 Å². The first-order valence-corrected chi connectivity index (χ1v) is 6.46. The maximum atomic E-state index is 11.7. The van der Waals surface area contributed by atoms with Gasteiger partial charge in [-0.05, 0) is 25.5 Å². The van der Waals surface area contributed by atoms with Gasteiger partial charge in [0.2, 0.25) is 11.8 Å². The van der Waals surface area contributed by atoms with E-state index in [0.29, 0.717) is 13.1 Å². The van der Waals surface area contributed by atoms with Gasteiger partial charge in [-0.3, -0.25) is 9.59 Å². The van der Waals surface area contributed by atoms with Crippen LogP contribution < -0.4 is 5.32 Å². The van der Waals surface area contributed by atoms with Crippen molar-refractivity contribution < 1.29 is 9.59 Å². The fourth-order valence-corrected chi connectivity index (χ4v) is 1.65. The summed E-state index contributed by atoms with van der Waals surface area (Å²) in [6.45, 7) is 5.19. The summed E-state index contributed by atoms with van der Waals surface area (Å²) in [7, 11) is 0. The molecular formula is C15H20N2O2. The van der Waals surface area contributed by atoms with Crippen molar-refractivity contribution >= 4 is 17.9 Å². The van der Waals surface area contributed by atoms with E-state index in [1.54, 1.807) is 11.0 Å². The number of carbonyl (C=O) groups is 2. The van der Waals surface area contributed by atoms with Crippen molar-refractivity contribution in [3.8, 4) is 0 Å². The Bertz CT molecular complexity index is 437. The molecule has 0 aromatic heterocycles. The van der Waals surface area contributed by atoms with Gasteiger partial charge < -0.3 is 10.2 Å². The van der Waals surface area contributed by atoms with Crippen LogP contribution in [0.1, 0.15) is 19.4 Å². The molecule has 1 rings (SSSR count). The summed E-state index contributed by atoms with van der Waals surface area (Å²) >= 11 is 0. The van der Waals surface area contributed by atoms with E-state index >= 15 is 0 Å². The first-order chi connectivity index (χ1) is 9.17. The third kappa shape index (κ3) is 5.38. The molecule has 0 aliphatic heterocycles. The van der Waals surface area contributed by atoms with Gasteiger partial charge in [0.15, 0.2) is 0 Å². The molecule has 19 heavy (non-hydrogen) atoms. The lowest BCUT2D eigenvalue weighted by molar-refractivity contribution is -0.131. The van der Waals surface area contributed by atoms with E-state index in [1.165, 1.54) is 6.08 Å². The molecule has 0 aliphatic rings. The second-order valence-corrected chi connectivity index (χ2v) is 4.03. The quantitative estimate of drug-likeness (QED) is 0.791. The first kappa shape index (κ1) is 15.0. The number of likely N-dealkylation sites (N-methyl/N-ethyl adjacent to an activating group) is 1. The minimum Gasteiger partial charge on any atom is -0.343 e. The highest BCUT2D eigenvalue weighted by molar-refractivity contribution is 5.94. The summed E-state index contributed by atoms with van der Waals surface area (Å²) in [5.74, 6) is -0.323. The van der Waals surface area contributed by atoms with Crippen molar-refractivity contribution in [2.24, 2.45) is 0 Å². The van der Waals surface area contributed by atoms with E-state index in [2.05, 4.69) is 5.32 Å². The molecule has 4 nitrogen and oxygen atoms in total. The largest absolute Gasteiger partial charge is 0.343 e. The van der Waals surface area contributed by atoms with Crippen LogP contribution in [0.5, 0.6) is 0 Å². The maximum absolute atomic E-state index is 11.7. The standard InChI is InChI=1S/C15H20N2O2/c1-3-17(4-2)15(19)12-16-14(18)11-10-13-8-6-5-7-9-13/h5-11H,3-4,12H2,1-2H3,(H,16,18). The minimum absolute atomic E-state index is 0.0413. The van der Waals surface area contributed by atoms with Crippen LogP contribution in [0, 0.1) is 0 Å². The summed E-state index contributed by atoms with van der Waals surface area (Å²) in [6.07, 6.45) is 3.15. The molecule has 0 saturated carbocycles. The van der Waals surface area contributed by atoms with Crippen LogP contribution in [0.3, 0.4) is 0 Å². The zero-order valence-electron chi connectivity index (χ0n) is 11.4. The molecule has 1 N–H and O–H groups in total. The average Bonchev–Trinajstić information content (AvgIpc) is 2.45. The van der Waals surface area contributed by atoms with Gasteiger partial charge in [-0.15, -0.1) is 0 Å². The normalized spacial score (nSPS) is 10.4. The van der Waals surface area contributed by atoms with Crippen LogP contribution in [0.2, 0.25) is 0 Å². The average molecular weight is 260 g/mol. The number of carbonyl (C=O) groups excluding carboxylic acids is 2. The molecule has 4 heteroatoms. The van der Waals surface area contributed by atoms with Crippen molar-refractivity contribution in [1.82, 2.24) is 10.2 Å². The number of hydrogen-bond acceptors (Lipinski definition) is 2. The highest BCUT2D eigenvalue weighted by atomic mass is 16.2. The molecule has 0 atom stereocenters. The van der Waals surface area contributed by atoms with Gasteiger partial charge >= 0.3 is 0 Å². The van der Waals surface area contributed by atoms with E-state index in [1.807, 2.05) is 44.2 Å². The van der Waals surface area contributed by atoms with Crippen molar-refractivity contribution in [3.05, 3.63) is 42.0 Å². The third-order valence-electron chi connectivity index (χ3n) is 2.76. The van der Waals surface area contributed by atoms with Crippen LogP contribution in [-0.2, 0) is 9.59 Å². The van der Waals surface area contributed by atoms with E-state index in [9.17, 15) is 9.59 Å². The molecule has 0 aliphatic carbocycles. The summed E-state index contributed by atoms with van der Waals surface area (Å²) in [5.41, 5.74) is 0.952. The Morgan fingerprint density at radius 2 is 1.79 bits per heavy atom. The van der Waals surface area contributed by atoms with Crippen LogP contribution in [-0.4, -0.2) is 36.3 Å². The molecule has 2 amide bonds. The molecule has 0 fully saturated rings. The fraction of sp³-hybridized carbons (Fsp3) is 0.333. The SMILES string of the molecule is CCN(CC)C(=O)CNC(=O)C=Cc1ccccc1. The lowest BCUT2D eigenvalue weighted by atomic mass is 10.2. The van der Waals surface area contributed by atoms with Crippen LogP contribution in [0.4, 0.5) is 0 Å². The number of nitrogens with one attached hydrogen (secondary N) is 1. The Balaban J connectivity index is 2.40. The van der Waals surface area contributed by atoms with E-state index < -0.39 is 0 Å². The molecule has 1 aromatic rings. The smallest absolute Gasteiger partial charge is 0.244 e. The van der Waals surface area contributed by atoms with Crippen LogP contribution in [0.15, 0.2) is 36.4 Å². The molecule has 102 valence electrons. The molecule has 0 saturated heterocycles. The van der Waals surface area contributed by atoms with Gasteiger partial charge in [0.25, 0.3) is 0 Å². The Kier molecular flexibility index (Phi) is 6.36. The monoisotopic (exact) mass is 260 g/mol. The number of hydrogen-bond donors (Lipinski definition) is 1. The lowest BCUT2D eigenvalue weighted by Crippen LogP contribution is -2.39. The molecular weight excluding hydrogens is 240 g/mol. The molecule has 0 spiro atoms. The maximum Gasteiger partial charge on any atom is 0.244 e. The van der Waals surface area contributed by atoms with Gasteiger partial charge in [0.1, 0.15) is 0 Å². The topological polar surface area (TPSA) is 49.4 Å². The van der Waals surface area contributed by atoms with E-state index in [0.717, 1.165) is 5.56 Å². The lowest BCUT2D eigenvalue weighted by Gasteiger charge is -2.18. The summed E-state index contributed by atoms with van der Waals surface area (Å²) in [5, 5.41) is 2.58. The summed E-state index contributed by atoms with van der Waals surface area (Å²) in [6, 6.07) is 9.54. The molecule has 0 heterocycles. The number of benzene rings is 1. The van der Waals surface area contributed by atoms with Crippen LogP contribution >= 0.6 is 0 Å².